The molecule has 2 amide bonds. The Balaban J connectivity index is 0. The summed E-state index contributed by atoms with van der Waals surface area (Å²) in [6.07, 6.45) is 4.18. The minimum absolute atomic E-state index is 0. The van der Waals surface area contributed by atoms with Gasteiger partial charge in [-0.2, -0.15) is 0 Å². The summed E-state index contributed by atoms with van der Waals surface area (Å²) in [6.45, 7) is 0.964. The molecule has 14 heteroatoms. The molecule has 1 aromatic heterocycles. The molecular formula is C27H43Cl4N7O2S. The quantitative estimate of drug-likeness (QED) is 0.142. The van der Waals surface area contributed by atoms with Crippen molar-refractivity contribution in [3.63, 3.8) is 0 Å². The van der Waals surface area contributed by atoms with Gasteiger partial charge in [0, 0.05) is 5.54 Å². The monoisotopic (exact) mass is 669 g/mol. The van der Waals surface area contributed by atoms with Gasteiger partial charge in [-0.1, -0.05) is 53.8 Å². The van der Waals surface area contributed by atoms with Crippen LogP contribution in [0.1, 0.15) is 44.1 Å². The fourth-order valence-corrected chi connectivity index (χ4v) is 5.25. The van der Waals surface area contributed by atoms with Crippen molar-refractivity contribution in [2.75, 3.05) is 18.4 Å². The van der Waals surface area contributed by atoms with Crippen LogP contribution in [0.15, 0.2) is 54.6 Å². The molecule has 0 spiro atoms. The van der Waals surface area contributed by atoms with Crippen LogP contribution < -0.4 is 33.6 Å². The van der Waals surface area contributed by atoms with Crippen molar-refractivity contribution in [2.24, 2.45) is 22.9 Å². The number of anilines is 1. The van der Waals surface area contributed by atoms with E-state index in [9.17, 15) is 9.59 Å². The summed E-state index contributed by atoms with van der Waals surface area (Å²) in [6, 6.07) is 16.0. The van der Waals surface area contributed by atoms with Crippen molar-refractivity contribution in [1.82, 2.24) is 10.3 Å². The van der Waals surface area contributed by atoms with Gasteiger partial charge in [0.15, 0.2) is 5.13 Å². The first-order valence-corrected chi connectivity index (χ1v) is 13.6. The number of benzene rings is 2. The first-order chi connectivity index (χ1) is 17.8. The number of nitrogens with zero attached hydrogens (tertiary/aromatic N) is 1. The maximum atomic E-state index is 13.2. The van der Waals surface area contributed by atoms with Crippen LogP contribution in [0.4, 0.5) is 5.13 Å². The fraction of sp³-hybridized carbons (Fsp3) is 0.444. The number of hydrogen-bond acceptors (Lipinski definition) is 8. The lowest BCUT2D eigenvalue weighted by Crippen LogP contribution is -2.50. The topological polar surface area (TPSA) is 175 Å². The van der Waals surface area contributed by atoms with Gasteiger partial charge in [-0.25, -0.2) is 4.98 Å². The van der Waals surface area contributed by atoms with Crippen molar-refractivity contribution in [2.45, 2.75) is 62.6 Å². The van der Waals surface area contributed by atoms with Gasteiger partial charge < -0.3 is 33.6 Å². The van der Waals surface area contributed by atoms with Crippen molar-refractivity contribution in [3.05, 3.63) is 60.2 Å². The fourth-order valence-electron chi connectivity index (χ4n) is 4.38. The number of hydrogen-bond donors (Lipinski definition) is 6. The van der Waals surface area contributed by atoms with Gasteiger partial charge >= 0.3 is 0 Å². The number of para-hydroxylation sites is 1. The number of halogens is 4. The Bertz CT molecular complexity index is 1120. The number of aromatic nitrogens is 1. The number of carbonyl (C=O) groups excluding carboxylic acids is 2. The molecular weight excluding hydrogens is 628 g/mol. The SMILES string of the molecule is Cl.Cl.Cl.Cl.NCCC(N)(CCN)CCC[C@H](N)C(=O)N[C@H](CCc1ccccc1)C(=O)Nc1nc2ccccc2s1. The Kier molecular flexibility index (Phi) is 21.2. The van der Waals surface area contributed by atoms with Crippen LogP contribution >= 0.6 is 61.0 Å². The maximum Gasteiger partial charge on any atom is 0.248 e. The molecule has 41 heavy (non-hydrogen) atoms. The average Bonchev–Trinajstić information content (AvgIpc) is 3.29. The molecule has 1 heterocycles. The Morgan fingerprint density at radius 3 is 2.07 bits per heavy atom. The third-order valence-electron chi connectivity index (χ3n) is 6.53. The molecule has 2 aromatic carbocycles. The van der Waals surface area contributed by atoms with Gasteiger partial charge in [0.2, 0.25) is 11.8 Å². The number of amides is 2. The number of carbonyl (C=O) groups is 2. The van der Waals surface area contributed by atoms with Gasteiger partial charge in [0.1, 0.15) is 6.04 Å². The minimum atomic E-state index is -0.756. The summed E-state index contributed by atoms with van der Waals surface area (Å²) in [7, 11) is 0. The second-order valence-corrected chi connectivity index (χ2v) is 10.5. The molecule has 0 radical (unpaired) electrons. The number of nitrogens with one attached hydrogen (secondary N) is 2. The van der Waals surface area contributed by atoms with E-state index in [-0.39, 0.29) is 61.4 Å². The first-order valence-electron chi connectivity index (χ1n) is 12.8. The van der Waals surface area contributed by atoms with E-state index >= 15 is 0 Å². The highest BCUT2D eigenvalue weighted by Gasteiger charge is 2.26. The number of fused-ring (bicyclic) bond motifs is 1. The van der Waals surface area contributed by atoms with Crippen LogP contribution in [-0.4, -0.2) is 47.5 Å². The highest BCUT2D eigenvalue weighted by molar-refractivity contribution is 7.22. The summed E-state index contributed by atoms with van der Waals surface area (Å²) in [4.78, 5) is 30.7. The number of thiazole rings is 1. The summed E-state index contributed by atoms with van der Waals surface area (Å²) >= 11 is 1.39. The van der Waals surface area contributed by atoms with Crippen LogP contribution in [-0.2, 0) is 16.0 Å². The molecule has 2 atom stereocenters. The standard InChI is InChI=1S/C27H39N7O2S.4ClH/c28-17-15-27(31,16-18-29)14-6-9-20(30)24(35)32-22(13-12-19-7-2-1-3-8-19)25(36)34-26-33-21-10-4-5-11-23(21)37-26;;;;/h1-5,7-8,10-11,20,22H,6,9,12-18,28-31H2,(H,32,35)(H,33,34,36);4*1H/t20-,22+;;;;/m0..../s1. The van der Waals surface area contributed by atoms with Gasteiger partial charge in [-0.15, -0.1) is 49.6 Å². The van der Waals surface area contributed by atoms with Crippen LogP contribution in [0.25, 0.3) is 10.2 Å². The third kappa shape index (κ3) is 13.4. The second kappa shape index (κ2) is 21.0. The lowest BCUT2D eigenvalue weighted by Gasteiger charge is -2.29. The maximum absolute atomic E-state index is 13.2. The Labute approximate surface area is 271 Å². The molecule has 0 aliphatic carbocycles. The Morgan fingerprint density at radius 1 is 0.854 bits per heavy atom. The van der Waals surface area contributed by atoms with E-state index in [2.05, 4.69) is 15.6 Å². The van der Waals surface area contributed by atoms with E-state index < -0.39 is 17.6 Å². The Morgan fingerprint density at radius 2 is 1.46 bits per heavy atom. The molecule has 10 N–H and O–H groups in total. The molecule has 3 rings (SSSR count). The first kappa shape index (κ1) is 41.4. The zero-order chi connectivity index (χ0) is 26.7. The lowest BCUT2D eigenvalue weighted by atomic mass is 9.86. The molecule has 0 aliphatic heterocycles. The zero-order valence-electron chi connectivity index (χ0n) is 22.8. The molecule has 0 saturated carbocycles. The summed E-state index contributed by atoms with van der Waals surface area (Å²) in [5, 5.41) is 6.24. The average molecular weight is 672 g/mol. The number of rotatable bonds is 15. The summed E-state index contributed by atoms with van der Waals surface area (Å²) in [5.41, 5.74) is 25.5. The molecule has 0 unspecified atom stereocenters. The predicted molar refractivity (Wildman–Crippen MR) is 180 cm³/mol. The molecule has 0 saturated heterocycles. The second-order valence-electron chi connectivity index (χ2n) is 9.50. The molecule has 0 aliphatic rings. The van der Waals surface area contributed by atoms with Crippen LogP contribution in [0, 0.1) is 0 Å². The minimum Gasteiger partial charge on any atom is -0.343 e. The van der Waals surface area contributed by atoms with Gasteiger partial charge in [-0.05, 0) is 75.7 Å². The Hall–Kier alpha value is -1.73. The highest BCUT2D eigenvalue weighted by atomic mass is 35.5. The van der Waals surface area contributed by atoms with E-state index in [1.807, 2.05) is 54.6 Å². The van der Waals surface area contributed by atoms with E-state index in [1.165, 1.54) is 11.3 Å². The smallest absolute Gasteiger partial charge is 0.248 e. The highest BCUT2D eigenvalue weighted by Crippen LogP contribution is 2.25. The normalized spacial score (nSPS) is 12.0. The molecule has 3 aromatic rings. The van der Waals surface area contributed by atoms with Gasteiger partial charge in [0.05, 0.1) is 16.3 Å². The molecule has 232 valence electrons. The van der Waals surface area contributed by atoms with Crippen molar-refractivity contribution >= 4 is 88.1 Å². The van der Waals surface area contributed by atoms with Crippen molar-refractivity contribution in [1.29, 1.82) is 0 Å². The summed E-state index contributed by atoms with van der Waals surface area (Å²) in [5.74, 6) is -0.680. The van der Waals surface area contributed by atoms with Crippen LogP contribution in [0.3, 0.4) is 0 Å². The largest absolute Gasteiger partial charge is 0.343 e. The number of aryl methyl sites for hydroxylation is 1. The molecule has 0 bridgehead atoms. The van der Waals surface area contributed by atoms with Gasteiger partial charge in [-0.3, -0.25) is 9.59 Å². The summed E-state index contributed by atoms with van der Waals surface area (Å²) < 4.78 is 0.977. The van der Waals surface area contributed by atoms with Gasteiger partial charge in [0.25, 0.3) is 0 Å². The van der Waals surface area contributed by atoms with Crippen molar-refractivity contribution in [3.8, 4) is 0 Å². The van der Waals surface area contributed by atoms with E-state index in [0.29, 0.717) is 63.2 Å². The third-order valence-corrected chi connectivity index (χ3v) is 7.48. The van der Waals surface area contributed by atoms with E-state index in [1.54, 1.807) is 0 Å². The lowest BCUT2D eigenvalue weighted by molar-refractivity contribution is -0.127. The van der Waals surface area contributed by atoms with E-state index in [4.69, 9.17) is 22.9 Å². The zero-order valence-corrected chi connectivity index (χ0v) is 26.9. The number of nitrogens with two attached hydrogens (primary N) is 4. The van der Waals surface area contributed by atoms with E-state index in [0.717, 1.165) is 15.8 Å². The molecule has 9 nitrogen and oxygen atoms in total. The predicted octanol–water partition coefficient (Wildman–Crippen LogP) is 3.93. The van der Waals surface area contributed by atoms with Crippen LogP contribution in [0.5, 0.6) is 0 Å². The van der Waals surface area contributed by atoms with Crippen molar-refractivity contribution < 1.29 is 9.59 Å². The molecule has 0 fully saturated rings. The van der Waals surface area contributed by atoms with Crippen LogP contribution in [0.2, 0.25) is 0 Å².